The number of thiazole rings is 1. The summed E-state index contributed by atoms with van der Waals surface area (Å²) in [5.41, 5.74) is 0.838. The van der Waals surface area contributed by atoms with E-state index in [1.54, 1.807) is 0 Å². The molecule has 1 N–H and O–H groups in total. The number of anilines is 1. The molecule has 1 aliphatic heterocycles. The Morgan fingerprint density at radius 3 is 2.62 bits per heavy atom. The van der Waals surface area contributed by atoms with Gasteiger partial charge in [-0.05, 0) is 26.0 Å². The number of furan rings is 1. The van der Waals surface area contributed by atoms with Crippen LogP contribution in [0.3, 0.4) is 0 Å². The molecule has 1 fully saturated rings. The zero-order valence-electron chi connectivity index (χ0n) is 13.2. The van der Waals surface area contributed by atoms with Crippen molar-refractivity contribution in [2.24, 2.45) is 0 Å². The molecule has 10 heteroatoms. The molecule has 2 aromatic rings. The molecule has 0 atom stereocenters. The standard InChI is InChI=1S/C14H17N3O5S2/c1-9-10(2)23-14(15-9)16-13(18)11-3-4-12(22-11)24(19,20)17-5-7-21-8-6-17/h3-4H,5-8H2,1-2H3,(H,15,16,18). The second-order valence-corrected chi connectivity index (χ2v) is 8.32. The van der Waals surface area contributed by atoms with Gasteiger partial charge in [-0.1, -0.05) is 0 Å². The van der Waals surface area contributed by atoms with Crippen LogP contribution in [0.5, 0.6) is 0 Å². The molecule has 0 aromatic carbocycles. The molecule has 2 aromatic heterocycles. The van der Waals surface area contributed by atoms with E-state index in [0.717, 1.165) is 10.6 Å². The van der Waals surface area contributed by atoms with Crippen molar-refractivity contribution in [3.63, 3.8) is 0 Å². The topological polar surface area (TPSA) is 102 Å². The maximum Gasteiger partial charge on any atom is 0.293 e. The van der Waals surface area contributed by atoms with E-state index in [2.05, 4.69) is 10.3 Å². The second-order valence-electron chi connectivity index (χ2n) is 5.25. The minimum atomic E-state index is -3.76. The Morgan fingerprint density at radius 2 is 2.00 bits per heavy atom. The van der Waals surface area contributed by atoms with Gasteiger partial charge in [-0.2, -0.15) is 4.31 Å². The third-order valence-electron chi connectivity index (χ3n) is 3.62. The molecule has 130 valence electrons. The van der Waals surface area contributed by atoms with E-state index in [1.165, 1.54) is 27.8 Å². The Morgan fingerprint density at radius 1 is 1.29 bits per heavy atom. The largest absolute Gasteiger partial charge is 0.438 e. The number of amides is 1. The van der Waals surface area contributed by atoms with Gasteiger partial charge in [0.15, 0.2) is 10.9 Å². The van der Waals surface area contributed by atoms with Crippen LogP contribution in [-0.4, -0.2) is 49.9 Å². The van der Waals surface area contributed by atoms with Crippen molar-refractivity contribution >= 4 is 32.4 Å². The van der Waals surface area contributed by atoms with E-state index >= 15 is 0 Å². The number of hydrogen-bond donors (Lipinski definition) is 1. The first-order valence-corrected chi connectivity index (χ1v) is 9.56. The highest BCUT2D eigenvalue weighted by molar-refractivity contribution is 7.89. The minimum Gasteiger partial charge on any atom is -0.438 e. The first-order chi connectivity index (χ1) is 11.4. The van der Waals surface area contributed by atoms with E-state index in [9.17, 15) is 13.2 Å². The van der Waals surface area contributed by atoms with Gasteiger partial charge in [0, 0.05) is 18.0 Å². The summed E-state index contributed by atoms with van der Waals surface area (Å²) in [6, 6.07) is 2.63. The smallest absolute Gasteiger partial charge is 0.293 e. The van der Waals surface area contributed by atoms with Gasteiger partial charge in [0.25, 0.3) is 15.9 Å². The monoisotopic (exact) mass is 371 g/mol. The number of carbonyl (C=O) groups is 1. The molecule has 0 unspecified atom stereocenters. The lowest BCUT2D eigenvalue weighted by molar-refractivity contribution is 0.0723. The molecule has 24 heavy (non-hydrogen) atoms. The molecule has 0 aliphatic carbocycles. The highest BCUT2D eigenvalue weighted by Crippen LogP contribution is 2.23. The van der Waals surface area contributed by atoms with Crippen LogP contribution in [0.2, 0.25) is 0 Å². The van der Waals surface area contributed by atoms with Crippen molar-refractivity contribution in [3.8, 4) is 0 Å². The summed E-state index contributed by atoms with van der Waals surface area (Å²) >= 11 is 1.35. The minimum absolute atomic E-state index is 0.0765. The Balaban J connectivity index is 1.75. The SMILES string of the molecule is Cc1nc(NC(=O)c2ccc(S(=O)(=O)N3CCOCC3)o2)sc1C. The molecule has 0 bridgehead atoms. The number of nitrogens with one attached hydrogen (secondary N) is 1. The predicted octanol–water partition coefficient (Wildman–Crippen LogP) is 1.63. The Labute approximate surface area is 143 Å². The van der Waals surface area contributed by atoms with Crippen molar-refractivity contribution in [3.05, 3.63) is 28.5 Å². The van der Waals surface area contributed by atoms with E-state index in [-0.39, 0.29) is 23.9 Å². The van der Waals surface area contributed by atoms with Crippen molar-refractivity contribution in [2.45, 2.75) is 18.9 Å². The third kappa shape index (κ3) is 3.36. The summed E-state index contributed by atoms with van der Waals surface area (Å²) in [5, 5.41) is 2.81. The number of carbonyl (C=O) groups excluding carboxylic acids is 1. The van der Waals surface area contributed by atoms with Gasteiger partial charge < -0.3 is 9.15 Å². The van der Waals surface area contributed by atoms with Crippen molar-refractivity contribution < 1.29 is 22.4 Å². The lowest BCUT2D eigenvalue weighted by Crippen LogP contribution is -2.40. The molecular formula is C14H17N3O5S2. The summed E-state index contributed by atoms with van der Waals surface area (Å²) in [6.07, 6.45) is 0. The molecule has 3 rings (SSSR count). The van der Waals surface area contributed by atoms with Gasteiger partial charge in [-0.15, -0.1) is 11.3 Å². The van der Waals surface area contributed by atoms with Gasteiger partial charge in [-0.3, -0.25) is 10.1 Å². The van der Waals surface area contributed by atoms with Crippen molar-refractivity contribution in [1.82, 2.24) is 9.29 Å². The molecule has 3 heterocycles. The fourth-order valence-corrected chi connectivity index (χ4v) is 4.31. The second kappa shape index (κ2) is 6.63. The van der Waals surface area contributed by atoms with Crippen molar-refractivity contribution in [1.29, 1.82) is 0 Å². The summed E-state index contributed by atoms with van der Waals surface area (Å²) in [5.74, 6) is -0.612. The Kier molecular flexibility index (Phi) is 4.72. The van der Waals surface area contributed by atoms with Crippen LogP contribution in [0, 0.1) is 13.8 Å². The summed E-state index contributed by atoms with van der Waals surface area (Å²) < 4.78 is 36.6. The summed E-state index contributed by atoms with van der Waals surface area (Å²) in [4.78, 5) is 17.4. The number of aromatic nitrogens is 1. The zero-order chi connectivity index (χ0) is 17.3. The quantitative estimate of drug-likeness (QED) is 0.876. The average molecular weight is 371 g/mol. The van der Waals surface area contributed by atoms with Gasteiger partial charge in [0.2, 0.25) is 5.09 Å². The van der Waals surface area contributed by atoms with E-state index < -0.39 is 15.9 Å². The van der Waals surface area contributed by atoms with Gasteiger partial charge in [0.05, 0.1) is 18.9 Å². The maximum absolute atomic E-state index is 12.5. The van der Waals surface area contributed by atoms with Crippen LogP contribution in [0.4, 0.5) is 5.13 Å². The number of hydrogen-bond acceptors (Lipinski definition) is 7. The number of nitrogens with zero attached hydrogens (tertiary/aromatic N) is 2. The fraction of sp³-hybridized carbons (Fsp3) is 0.429. The summed E-state index contributed by atoms with van der Waals surface area (Å²) in [6.45, 7) is 4.97. The highest BCUT2D eigenvalue weighted by atomic mass is 32.2. The van der Waals surface area contributed by atoms with Gasteiger partial charge >= 0.3 is 0 Å². The van der Waals surface area contributed by atoms with Crippen LogP contribution < -0.4 is 5.32 Å². The van der Waals surface area contributed by atoms with Crippen LogP contribution in [0.1, 0.15) is 21.1 Å². The van der Waals surface area contributed by atoms with Crippen LogP contribution in [-0.2, 0) is 14.8 Å². The predicted molar refractivity (Wildman–Crippen MR) is 87.8 cm³/mol. The van der Waals surface area contributed by atoms with Gasteiger partial charge in [0.1, 0.15) is 0 Å². The number of rotatable bonds is 4. The van der Waals surface area contributed by atoms with E-state index in [1.807, 2.05) is 13.8 Å². The molecular weight excluding hydrogens is 354 g/mol. The number of morpholine rings is 1. The number of ether oxygens (including phenoxy) is 1. The average Bonchev–Trinajstić information content (AvgIpc) is 3.16. The van der Waals surface area contributed by atoms with E-state index in [0.29, 0.717) is 18.3 Å². The molecule has 1 amide bonds. The Bertz CT molecular complexity index is 830. The highest BCUT2D eigenvalue weighted by Gasteiger charge is 2.30. The van der Waals surface area contributed by atoms with E-state index in [4.69, 9.17) is 9.15 Å². The number of sulfonamides is 1. The molecule has 0 saturated carbocycles. The molecule has 8 nitrogen and oxygen atoms in total. The Hall–Kier alpha value is -1.75. The number of aryl methyl sites for hydroxylation is 2. The van der Waals surface area contributed by atoms with Crippen molar-refractivity contribution in [2.75, 3.05) is 31.6 Å². The van der Waals surface area contributed by atoms with Crippen LogP contribution >= 0.6 is 11.3 Å². The van der Waals surface area contributed by atoms with Gasteiger partial charge in [-0.25, -0.2) is 13.4 Å². The summed E-state index contributed by atoms with van der Waals surface area (Å²) in [7, 11) is -3.76. The first-order valence-electron chi connectivity index (χ1n) is 7.31. The zero-order valence-corrected chi connectivity index (χ0v) is 14.9. The van der Waals surface area contributed by atoms with Crippen LogP contribution in [0.25, 0.3) is 0 Å². The third-order valence-corrected chi connectivity index (χ3v) is 6.38. The molecule has 0 spiro atoms. The normalized spacial score (nSPS) is 16.2. The lowest BCUT2D eigenvalue weighted by atomic mass is 10.4. The lowest BCUT2D eigenvalue weighted by Gasteiger charge is -2.24. The fourth-order valence-electron chi connectivity index (χ4n) is 2.18. The van der Waals surface area contributed by atoms with Crippen LogP contribution in [0.15, 0.2) is 21.6 Å². The first kappa shape index (κ1) is 17.1. The molecule has 1 aliphatic rings. The maximum atomic E-state index is 12.5. The molecule has 1 saturated heterocycles. The molecule has 0 radical (unpaired) electrons.